The summed E-state index contributed by atoms with van der Waals surface area (Å²) in [5.74, 6) is 2.24. The van der Waals surface area contributed by atoms with Gasteiger partial charge in [-0.1, -0.05) is 30.3 Å². The van der Waals surface area contributed by atoms with Crippen molar-refractivity contribution in [3.05, 3.63) is 71.9 Å². The predicted molar refractivity (Wildman–Crippen MR) is 103 cm³/mol. The van der Waals surface area contributed by atoms with Crippen molar-refractivity contribution in [2.75, 3.05) is 6.61 Å². The molecule has 138 valence electrons. The van der Waals surface area contributed by atoms with Crippen LogP contribution in [0.1, 0.15) is 42.4 Å². The molecule has 1 fully saturated rings. The molecule has 0 saturated heterocycles. The number of nitrogens with zero attached hydrogens (tertiary/aromatic N) is 3. The molecule has 2 aromatic heterocycles. The second kappa shape index (κ2) is 7.45. The summed E-state index contributed by atoms with van der Waals surface area (Å²) in [4.78, 5) is 13.3. The molecule has 1 saturated carbocycles. The highest BCUT2D eigenvalue weighted by Gasteiger charge is 2.40. The summed E-state index contributed by atoms with van der Waals surface area (Å²) in [7, 11) is 0. The third-order valence-electron chi connectivity index (χ3n) is 5.00. The summed E-state index contributed by atoms with van der Waals surface area (Å²) in [6.45, 7) is 4.24. The number of ether oxygens (including phenoxy) is 1. The molecule has 1 aliphatic carbocycles. The number of benzene rings is 1. The van der Waals surface area contributed by atoms with Gasteiger partial charge in [0.1, 0.15) is 5.82 Å². The van der Waals surface area contributed by atoms with Gasteiger partial charge in [-0.05, 0) is 43.5 Å². The van der Waals surface area contributed by atoms with Gasteiger partial charge in [0.15, 0.2) is 0 Å². The smallest absolute Gasteiger partial charge is 0.224 e. The highest BCUT2D eigenvalue weighted by Crippen LogP contribution is 2.46. The van der Waals surface area contributed by atoms with Crippen molar-refractivity contribution in [3.8, 4) is 17.0 Å². The van der Waals surface area contributed by atoms with Crippen LogP contribution in [0.2, 0.25) is 0 Å². The molecule has 5 heteroatoms. The Morgan fingerprint density at radius 2 is 1.96 bits per heavy atom. The normalized spacial score (nSPS) is 19.5. The average Bonchev–Trinajstić information content (AvgIpc) is 3.47. The topological polar surface area (TPSA) is 68.1 Å². The molecular weight excluding hydrogens is 338 g/mol. The van der Waals surface area contributed by atoms with Crippen molar-refractivity contribution in [1.82, 2.24) is 15.0 Å². The summed E-state index contributed by atoms with van der Waals surface area (Å²) in [6.07, 6.45) is 4.26. The highest BCUT2D eigenvalue weighted by atomic mass is 16.5. The zero-order valence-electron chi connectivity index (χ0n) is 15.5. The molecule has 0 radical (unpaired) electrons. The first kappa shape index (κ1) is 17.6. The van der Waals surface area contributed by atoms with Crippen molar-refractivity contribution in [2.45, 2.75) is 32.3 Å². The third kappa shape index (κ3) is 3.98. The lowest BCUT2D eigenvalue weighted by Crippen LogP contribution is -2.05. The highest BCUT2D eigenvalue weighted by molar-refractivity contribution is 5.68. The number of aromatic nitrogens is 3. The van der Waals surface area contributed by atoms with Crippen LogP contribution in [0.3, 0.4) is 0 Å². The lowest BCUT2D eigenvalue weighted by Gasteiger charge is -2.12. The molecule has 0 bridgehead atoms. The van der Waals surface area contributed by atoms with Crippen LogP contribution in [0.5, 0.6) is 5.88 Å². The molecule has 2 heterocycles. The fraction of sp³-hybridized carbons (Fsp3) is 0.318. The zero-order chi connectivity index (χ0) is 18.8. The van der Waals surface area contributed by atoms with Crippen molar-refractivity contribution in [1.29, 1.82) is 0 Å². The number of aliphatic hydroxyl groups excluding tert-OH is 1. The second-order valence-electron chi connectivity index (χ2n) is 7.10. The summed E-state index contributed by atoms with van der Waals surface area (Å²) in [6, 6.07) is 13.8. The Balaban J connectivity index is 1.49. The van der Waals surface area contributed by atoms with Crippen LogP contribution in [-0.4, -0.2) is 26.7 Å². The van der Waals surface area contributed by atoms with Gasteiger partial charge in [-0.25, -0.2) is 4.98 Å². The number of rotatable bonds is 6. The van der Waals surface area contributed by atoms with E-state index in [0.29, 0.717) is 30.1 Å². The summed E-state index contributed by atoms with van der Waals surface area (Å²) in [5, 5.41) is 9.69. The molecule has 3 aromatic rings. The van der Waals surface area contributed by atoms with E-state index in [2.05, 4.69) is 21.0 Å². The van der Waals surface area contributed by atoms with E-state index in [4.69, 9.17) is 4.74 Å². The van der Waals surface area contributed by atoms with Crippen molar-refractivity contribution >= 4 is 0 Å². The third-order valence-corrected chi connectivity index (χ3v) is 5.00. The number of aliphatic hydroxyl groups is 1. The van der Waals surface area contributed by atoms with Crippen LogP contribution in [0, 0.1) is 12.8 Å². The first-order valence-corrected chi connectivity index (χ1v) is 9.27. The van der Waals surface area contributed by atoms with E-state index >= 15 is 0 Å². The van der Waals surface area contributed by atoms with E-state index in [1.807, 2.05) is 49.5 Å². The Morgan fingerprint density at radius 3 is 2.67 bits per heavy atom. The Labute approximate surface area is 159 Å². The van der Waals surface area contributed by atoms with Crippen LogP contribution in [0.15, 0.2) is 54.9 Å². The Kier molecular flexibility index (Phi) is 4.86. The van der Waals surface area contributed by atoms with Gasteiger partial charge in [-0.2, -0.15) is 4.98 Å². The van der Waals surface area contributed by atoms with Crippen LogP contribution in [0.25, 0.3) is 11.1 Å². The number of pyridine rings is 1. The largest absolute Gasteiger partial charge is 0.477 e. The molecule has 1 aromatic carbocycles. The van der Waals surface area contributed by atoms with Gasteiger partial charge in [0, 0.05) is 29.9 Å². The maximum atomic E-state index is 9.69. The molecule has 1 N–H and O–H groups in total. The van der Waals surface area contributed by atoms with E-state index in [1.54, 1.807) is 13.1 Å². The monoisotopic (exact) mass is 361 g/mol. The Hall–Kier alpha value is -2.79. The van der Waals surface area contributed by atoms with Crippen molar-refractivity contribution < 1.29 is 9.84 Å². The SMILES string of the molecule is Cc1ncc(-c2ccc(C(C)O)cc2)c(OCC2CC2c2ccccn2)n1. The maximum absolute atomic E-state index is 9.69. The van der Waals surface area contributed by atoms with E-state index in [0.717, 1.165) is 28.8 Å². The first-order valence-electron chi connectivity index (χ1n) is 9.27. The molecule has 27 heavy (non-hydrogen) atoms. The fourth-order valence-electron chi connectivity index (χ4n) is 3.27. The summed E-state index contributed by atoms with van der Waals surface area (Å²) < 4.78 is 6.10. The quantitative estimate of drug-likeness (QED) is 0.716. The lowest BCUT2D eigenvalue weighted by molar-refractivity contribution is 0.199. The van der Waals surface area contributed by atoms with Crippen LogP contribution in [0.4, 0.5) is 0 Å². The Morgan fingerprint density at radius 1 is 1.15 bits per heavy atom. The molecule has 5 nitrogen and oxygen atoms in total. The van der Waals surface area contributed by atoms with E-state index in [1.165, 1.54) is 0 Å². The fourth-order valence-corrected chi connectivity index (χ4v) is 3.27. The van der Waals surface area contributed by atoms with Crippen molar-refractivity contribution in [3.63, 3.8) is 0 Å². The van der Waals surface area contributed by atoms with E-state index in [9.17, 15) is 5.11 Å². The Bertz CT molecular complexity index is 911. The van der Waals surface area contributed by atoms with Crippen molar-refractivity contribution in [2.24, 2.45) is 5.92 Å². The van der Waals surface area contributed by atoms with E-state index < -0.39 is 6.10 Å². The number of hydrogen-bond acceptors (Lipinski definition) is 5. The van der Waals surface area contributed by atoms with Crippen LogP contribution in [-0.2, 0) is 0 Å². The standard InChI is InChI=1S/C22H23N3O2/c1-14(26)16-6-8-17(9-7-16)20-12-24-15(2)25-22(20)27-13-18-11-19(18)21-5-3-4-10-23-21/h3-10,12,14,18-19,26H,11,13H2,1-2H3. The molecule has 0 aliphatic heterocycles. The zero-order valence-corrected chi connectivity index (χ0v) is 15.5. The van der Waals surface area contributed by atoms with Gasteiger partial charge in [-0.3, -0.25) is 4.98 Å². The average molecular weight is 361 g/mol. The number of aryl methyl sites for hydroxylation is 1. The lowest BCUT2D eigenvalue weighted by atomic mass is 10.0. The van der Waals surface area contributed by atoms with Gasteiger partial charge in [0.25, 0.3) is 0 Å². The second-order valence-corrected chi connectivity index (χ2v) is 7.10. The minimum Gasteiger partial charge on any atom is -0.477 e. The van der Waals surface area contributed by atoms with E-state index in [-0.39, 0.29) is 0 Å². The summed E-state index contributed by atoms with van der Waals surface area (Å²) in [5.41, 5.74) is 3.86. The number of hydrogen-bond donors (Lipinski definition) is 1. The maximum Gasteiger partial charge on any atom is 0.224 e. The molecule has 3 unspecified atom stereocenters. The van der Waals surface area contributed by atoms with Crippen LogP contribution < -0.4 is 4.74 Å². The summed E-state index contributed by atoms with van der Waals surface area (Å²) >= 11 is 0. The van der Waals surface area contributed by atoms with Gasteiger partial charge >= 0.3 is 0 Å². The molecular formula is C22H23N3O2. The minimum atomic E-state index is -0.484. The minimum absolute atomic E-state index is 0.473. The molecule has 0 spiro atoms. The first-order chi connectivity index (χ1) is 13.1. The van der Waals surface area contributed by atoms with Gasteiger partial charge < -0.3 is 9.84 Å². The predicted octanol–water partition coefficient (Wildman–Crippen LogP) is 4.08. The van der Waals surface area contributed by atoms with Crippen LogP contribution >= 0.6 is 0 Å². The van der Waals surface area contributed by atoms with Gasteiger partial charge in [0.05, 0.1) is 18.3 Å². The molecule has 3 atom stereocenters. The van der Waals surface area contributed by atoms with Gasteiger partial charge in [-0.15, -0.1) is 0 Å². The molecule has 0 amide bonds. The molecule has 1 aliphatic rings. The molecule has 4 rings (SSSR count). The van der Waals surface area contributed by atoms with Gasteiger partial charge in [0.2, 0.25) is 5.88 Å².